The number of benzene rings is 3. The first-order chi connectivity index (χ1) is 19.2. The van der Waals surface area contributed by atoms with Crippen LogP contribution in [0.5, 0.6) is 0 Å². The summed E-state index contributed by atoms with van der Waals surface area (Å²) in [6.45, 7) is 6.05. The Labute approximate surface area is 257 Å². The number of hydrogen-bond donors (Lipinski definition) is 1. The minimum atomic E-state index is -3.60. The Morgan fingerprint density at radius 2 is 1.54 bits per heavy atom. The summed E-state index contributed by atoms with van der Waals surface area (Å²) in [5, 5.41) is 3.55. The zero-order valence-electron chi connectivity index (χ0n) is 23.8. The fraction of sp³-hybridized carbons (Fsp3) is 0.355. The van der Waals surface area contributed by atoms with Crippen molar-refractivity contribution in [2.45, 2.75) is 58.2 Å². The molecule has 3 aromatic carbocycles. The molecule has 0 bridgehead atoms. The van der Waals surface area contributed by atoms with E-state index in [0.29, 0.717) is 17.1 Å². The average molecular weight is 663 g/mol. The van der Waals surface area contributed by atoms with E-state index < -0.39 is 21.6 Å². The van der Waals surface area contributed by atoms with E-state index in [9.17, 15) is 18.0 Å². The third kappa shape index (κ3) is 10.5. The number of sulfonamides is 1. The van der Waals surface area contributed by atoms with Crippen molar-refractivity contribution >= 4 is 55.1 Å². The van der Waals surface area contributed by atoms with E-state index in [1.165, 1.54) is 4.31 Å². The van der Waals surface area contributed by atoms with Gasteiger partial charge >= 0.3 is 0 Å². The minimum absolute atomic E-state index is 0.0597. The molecule has 0 aromatic heterocycles. The van der Waals surface area contributed by atoms with Gasteiger partial charge in [0.2, 0.25) is 21.8 Å². The number of nitrogens with one attached hydrogen (secondary N) is 1. The van der Waals surface area contributed by atoms with Crippen molar-refractivity contribution < 1.29 is 18.0 Å². The molecular weight excluding hydrogens is 626 g/mol. The molecule has 3 rings (SSSR count). The maximum absolute atomic E-state index is 13.9. The second-order valence-electron chi connectivity index (χ2n) is 11.0. The normalized spacial score (nSPS) is 12.4. The van der Waals surface area contributed by atoms with Crippen molar-refractivity contribution in [1.29, 1.82) is 0 Å². The molecule has 3 aromatic rings. The molecule has 0 aliphatic carbocycles. The van der Waals surface area contributed by atoms with Gasteiger partial charge in [-0.05, 0) is 74.7 Å². The van der Waals surface area contributed by atoms with Gasteiger partial charge in [-0.1, -0.05) is 70.0 Å². The first-order valence-corrected chi connectivity index (χ1v) is 16.4. The van der Waals surface area contributed by atoms with Gasteiger partial charge in [0, 0.05) is 41.0 Å². The number of halogens is 2. The number of hydrogen-bond acceptors (Lipinski definition) is 4. The predicted molar refractivity (Wildman–Crippen MR) is 169 cm³/mol. The predicted octanol–water partition coefficient (Wildman–Crippen LogP) is 6.20. The molecule has 10 heteroatoms. The van der Waals surface area contributed by atoms with Crippen LogP contribution in [-0.4, -0.2) is 49.5 Å². The van der Waals surface area contributed by atoms with E-state index in [-0.39, 0.29) is 37.7 Å². The van der Waals surface area contributed by atoms with Gasteiger partial charge in [0.15, 0.2) is 0 Å². The fourth-order valence-electron chi connectivity index (χ4n) is 4.40. The second-order valence-corrected chi connectivity index (χ2v) is 14.3. The van der Waals surface area contributed by atoms with E-state index in [1.807, 2.05) is 75.4 Å². The van der Waals surface area contributed by atoms with Crippen LogP contribution in [-0.2, 0) is 32.6 Å². The van der Waals surface area contributed by atoms with Crippen LogP contribution < -0.4 is 9.62 Å². The lowest BCUT2D eigenvalue weighted by Gasteiger charge is -2.34. The third-order valence-electron chi connectivity index (χ3n) is 6.30. The maximum atomic E-state index is 13.9. The van der Waals surface area contributed by atoms with Gasteiger partial charge in [0.05, 0.1) is 11.9 Å². The molecule has 0 fully saturated rings. The highest BCUT2D eigenvalue weighted by Gasteiger charge is 2.32. The number of anilines is 1. The first kappa shape index (κ1) is 32.6. The van der Waals surface area contributed by atoms with E-state index in [1.54, 1.807) is 29.2 Å². The molecule has 0 aliphatic rings. The molecule has 0 unspecified atom stereocenters. The molecule has 0 spiro atoms. The SMILES string of the molecule is CC(C)(C)NC(=O)[C@@H](Cc1ccccc1)N(Cc1ccc(Br)cc1)C(=O)CCCN(c1ccc(Cl)cc1)S(C)(=O)=O. The smallest absolute Gasteiger partial charge is 0.243 e. The Balaban J connectivity index is 1.89. The lowest BCUT2D eigenvalue weighted by atomic mass is 10.00. The van der Waals surface area contributed by atoms with Crippen LogP contribution in [0.4, 0.5) is 5.69 Å². The Morgan fingerprint density at radius 1 is 0.927 bits per heavy atom. The lowest BCUT2D eigenvalue weighted by Crippen LogP contribution is -2.54. The van der Waals surface area contributed by atoms with Crippen LogP contribution in [0.15, 0.2) is 83.3 Å². The molecule has 0 heterocycles. The summed E-state index contributed by atoms with van der Waals surface area (Å²) < 4.78 is 27.3. The molecule has 7 nitrogen and oxygen atoms in total. The summed E-state index contributed by atoms with van der Waals surface area (Å²) in [6.07, 6.45) is 1.80. The van der Waals surface area contributed by atoms with Crippen molar-refractivity contribution in [3.05, 3.63) is 99.5 Å². The monoisotopic (exact) mass is 661 g/mol. The van der Waals surface area contributed by atoms with E-state index >= 15 is 0 Å². The number of carbonyl (C=O) groups is 2. The number of nitrogens with zero attached hydrogens (tertiary/aromatic N) is 2. The largest absolute Gasteiger partial charge is 0.350 e. The summed E-state index contributed by atoms with van der Waals surface area (Å²) in [7, 11) is -3.60. The Bertz CT molecular complexity index is 1410. The molecule has 0 saturated carbocycles. The summed E-state index contributed by atoms with van der Waals surface area (Å²) in [5.74, 6) is -0.479. The number of carbonyl (C=O) groups excluding carboxylic acids is 2. The Morgan fingerprint density at radius 3 is 2.10 bits per heavy atom. The van der Waals surface area contributed by atoms with Crippen LogP contribution in [0, 0.1) is 0 Å². The zero-order valence-corrected chi connectivity index (χ0v) is 27.0. The van der Waals surface area contributed by atoms with Crippen molar-refractivity contribution in [3.8, 4) is 0 Å². The summed E-state index contributed by atoms with van der Waals surface area (Å²) in [4.78, 5) is 29.2. The summed E-state index contributed by atoms with van der Waals surface area (Å²) in [5.41, 5.74) is 1.79. The minimum Gasteiger partial charge on any atom is -0.350 e. The van der Waals surface area contributed by atoms with Crippen molar-refractivity contribution in [1.82, 2.24) is 10.2 Å². The molecule has 1 N–H and O–H groups in total. The number of amides is 2. The Hall–Kier alpha value is -2.88. The highest BCUT2D eigenvalue weighted by Crippen LogP contribution is 2.22. The van der Waals surface area contributed by atoms with Crippen LogP contribution >= 0.6 is 27.5 Å². The van der Waals surface area contributed by atoms with E-state index in [4.69, 9.17) is 11.6 Å². The molecule has 41 heavy (non-hydrogen) atoms. The van der Waals surface area contributed by atoms with Crippen LogP contribution in [0.2, 0.25) is 5.02 Å². The van der Waals surface area contributed by atoms with Crippen LogP contribution in [0.1, 0.15) is 44.7 Å². The average Bonchev–Trinajstić information content (AvgIpc) is 2.89. The zero-order chi connectivity index (χ0) is 30.2. The highest BCUT2D eigenvalue weighted by molar-refractivity contribution is 9.10. The second kappa shape index (κ2) is 14.3. The quantitative estimate of drug-likeness (QED) is 0.250. The molecule has 1 atom stereocenters. The lowest BCUT2D eigenvalue weighted by molar-refractivity contribution is -0.142. The summed E-state index contributed by atoms with van der Waals surface area (Å²) >= 11 is 9.44. The molecule has 2 amide bonds. The molecule has 0 saturated heterocycles. The van der Waals surface area contributed by atoms with Crippen molar-refractivity contribution in [2.75, 3.05) is 17.1 Å². The topological polar surface area (TPSA) is 86.8 Å². The van der Waals surface area contributed by atoms with Crippen LogP contribution in [0.25, 0.3) is 0 Å². The molecule has 0 radical (unpaired) electrons. The van der Waals surface area contributed by atoms with Gasteiger partial charge in [0.1, 0.15) is 6.04 Å². The van der Waals surface area contributed by atoms with Gasteiger partial charge in [-0.15, -0.1) is 0 Å². The van der Waals surface area contributed by atoms with Crippen LogP contribution in [0.3, 0.4) is 0 Å². The summed E-state index contributed by atoms with van der Waals surface area (Å²) in [6, 6.07) is 23.0. The standard InChI is InChI=1S/C31H37BrClN3O4S/c1-31(2,3)34-30(38)28(21-23-9-6-5-7-10-23)35(22-24-12-14-25(32)15-13-24)29(37)11-8-20-36(41(4,39)40)27-18-16-26(33)17-19-27/h5-7,9-10,12-19,28H,8,11,20-22H2,1-4H3,(H,34,38)/t28-/m1/s1. The van der Waals surface area contributed by atoms with Gasteiger partial charge in [-0.2, -0.15) is 0 Å². The van der Waals surface area contributed by atoms with Crippen molar-refractivity contribution in [2.24, 2.45) is 0 Å². The highest BCUT2D eigenvalue weighted by atomic mass is 79.9. The maximum Gasteiger partial charge on any atom is 0.243 e. The fourth-order valence-corrected chi connectivity index (χ4v) is 5.76. The van der Waals surface area contributed by atoms with Gasteiger partial charge in [-0.25, -0.2) is 8.42 Å². The Kier molecular flexibility index (Phi) is 11.4. The van der Waals surface area contributed by atoms with Crippen molar-refractivity contribution in [3.63, 3.8) is 0 Å². The first-order valence-electron chi connectivity index (χ1n) is 13.4. The van der Waals surface area contributed by atoms with E-state index in [0.717, 1.165) is 21.9 Å². The molecule has 220 valence electrons. The molecular formula is C31H37BrClN3O4S. The van der Waals surface area contributed by atoms with E-state index in [2.05, 4.69) is 21.2 Å². The number of rotatable bonds is 12. The van der Waals surface area contributed by atoms with Gasteiger partial charge in [0.25, 0.3) is 0 Å². The van der Waals surface area contributed by atoms with Gasteiger partial charge < -0.3 is 10.2 Å². The molecule has 0 aliphatic heterocycles. The van der Waals surface area contributed by atoms with Gasteiger partial charge in [-0.3, -0.25) is 13.9 Å². The third-order valence-corrected chi connectivity index (χ3v) is 8.28.